The summed E-state index contributed by atoms with van der Waals surface area (Å²) in [4.78, 5) is 19.7. The van der Waals surface area contributed by atoms with Crippen LogP contribution in [-0.2, 0) is 17.3 Å². The molecule has 1 saturated carbocycles. The molecule has 0 radical (unpaired) electrons. The second kappa shape index (κ2) is 8.25. The second-order valence-electron chi connectivity index (χ2n) is 13.6. The van der Waals surface area contributed by atoms with E-state index in [0.717, 1.165) is 48.6 Å². The van der Waals surface area contributed by atoms with Crippen molar-refractivity contribution in [2.45, 2.75) is 55.8 Å². The summed E-state index contributed by atoms with van der Waals surface area (Å²) in [6.07, 6.45) is 12.1. The van der Waals surface area contributed by atoms with E-state index in [9.17, 15) is 0 Å². The van der Waals surface area contributed by atoms with Gasteiger partial charge in [0.2, 0.25) is 0 Å². The number of para-hydroxylation sites is 2. The Morgan fingerprint density at radius 2 is 1.49 bits per heavy atom. The Hall–Kier alpha value is -4.84. The lowest BCUT2D eigenvalue weighted by Gasteiger charge is -2.64. The van der Waals surface area contributed by atoms with Crippen molar-refractivity contribution in [1.82, 2.24) is 9.97 Å². The van der Waals surface area contributed by atoms with Gasteiger partial charge in [-0.25, -0.2) is 9.97 Å². The lowest BCUT2D eigenvalue weighted by atomic mass is 9.45. The van der Waals surface area contributed by atoms with Crippen molar-refractivity contribution in [3.63, 3.8) is 0 Å². The van der Waals surface area contributed by atoms with Gasteiger partial charge in [-0.3, -0.25) is 0 Å². The highest BCUT2D eigenvalue weighted by Gasteiger charge is 2.80. The van der Waals surface area contributed by atoms with E-state index in [0.29, 0.717) is 0 Å². The first-order chi connectivity index (χ1) is 22.1. The lowest BCUT2D eigenvalue weighted by Crippen LogP contribution is -2.71. The molecule has 6 heteroatoms. The summed E-state index contributed by atoms with van der Waals surface area (Å²) in [6, 6.07) is 27.8. The van der Waals surface area contributed by atoms with Crippen LogP contribution in [0.25, 0.3) is 0 Å². The maximum atomic E-state index is 4.92. The molecular weight excluding hydrogens is 552 g/mol. The Bertz CT molecular complexity index is 2000. The van der Waals surface area contributed by atoms with Gasteiger partial charge in [0.15, 0.2) is 5.82 Å². The fraction of sp³-hybridized carbons (Fsp3) is 0.282. The Kier molecular flexibility index (Phi) is 4.67. The summed E-state index contributed by atoms with van der Waals surface area (Å²) >= 11 is 0. The number of likely N-dealkylation sites (N-methyl/N-ethyl adjacent to an activating group) is 1. The van der Waals surface area contributed by atoms with Gasteiger partial charge in [-0.1, -0.05) is 68.6 Å². The predicted octanol–water partition coefficient (Wildman–Crippen LogP) is 7.58. The SMILES string of the molecule is C=CC1=C(C=C)N2c3ccccc3C3(CC)C4(CCC35c3ccccc3N3c6ncncc6N(C)C35)Cc3ccc(cc3)N1C24. The van der Waals surface area contributed by atoms with Gasteiger partial charge >= 0.3 is 0 Å². The zero-order chi connectivity index (χ0) is 30.3. The highest BCUT2D eigenvalue weighted by molar-refractivity contribution is 5.88. The molecule has 4 aromatic rings. The first-order valence-corrected chi connectivity index (χ1v) is 16.3. The number of hydrogen-bond donors (Lipinski definition) is 0. The molecule has 5 unspecified atom stereocenters. The van der Waals surface area contributed by atoms with Crippen LogP contribution in [0.1, 0.15) is 42.9 Å². The minimum Gasteiger partial charge on any atom is -0.349 e. The summed E-state index contributed by atoms with van der Waals surface area (Å²) in [5, 5.41) is 0. The van der Waals surface area contributed by atoms with Crippen molar-refractivity contribution in [1.29, 1.82) is 0 Å². The van der Waals surface area contributed by atoms with E-state index >= 15 is 0 Å². The zero-order valence-corrected chi connectivity index (χ0v) is 25.8. The monoisotopic (exact) mass is 588 g/mol. The van der Waals surface area contributed by atoms with Crippen LogP contribution in [0.5, 0.6) is 0 Å². The van der Waals surface area contributed by atoms with Crippen LogP contribution in [-0.4, -0.2) is 29.3 Å². The van der Waals surface area contributed by atoms with E-state index in [1.165, 1.54) is 33.8 Å². The number of rotatable bonds is 3. The number of anilines is 5. The average Bonchev–Trinajstić information content (AvgIpc) is 3.77. The molecule has 3 aromatic carbocycles. The first kappa shape index (κ1) is 25.5. The van der Waals surface area contributed by atoms with Crippen LogP contribution in [0.3, 0.4) is 0 Å². The van der Waals surface area contributed by atoms with Crippen LogP contribution in [0, 0.1) is 5.41 Å². The summed E-state index contributed by atoms with van der Waals surface area (Å²) in [5.41, 5.74) is 10.9. The lowest BCUT2D eigenvalue weighted by molar-refractivity contribution is 0.0483. The van der Waals surface area contributed by atoms with Gasteiger partial charge in [0.05, 0.1) is 17.6 Å². The van der Waals surface area contributed by atoms with Gasteiger partial charge < -0.3 is 19.6 Å². The first-order valence-electron chi connectivity index (χ1n) is 16.3. The molecule has 5 atom stereocenters. The summed E-state index contributed by atoms with van der Waals surface area (Å²) in [5.74, 6) is 1.01. The molecule has 0 amide bonds. The Labute approximate surface area is 264 Å². The molecule has 11 rings (SSSR count). The third-order valence-corrected chi connectivity index (χ3v) is 12.6. The maximum absolute atomic E-state index is 4.92. The quantitative estimate of drug-likeness (QED) is 0.246. The number of allylic oxidation sites excluding steroid dienone is 2. The molecule has 1 aromatic heterocycles. The van der Waals surface area contributed by atoms with Crippen molar-refractivity contribution >= 4 is 28.6 Å². The standard InChI is InChI=1S/C39H36N6/c1-5-29-30(6-2)44-32-15-11-9-13-28(32)39(7-3)37(22-25-16-18-26(19-17-25)43(29)35(37)44)20-21-38(39)27-12-8-10-14-31(27)45-34-33(23-40-24-41-34)42(4)36(38)45/h5-6,8-19,23-24,35-36H,1-2,7,20-22H2,3-4H3. The van der Waals surface area contributed by atoms with Gasteiger partial charge in [-0.2, -0.15) is 0 Å². The van der Waals surface area contributed by atoms with E-state index in [1.54, 1.807) is 6.33 Å². The van der Waals surface area contributed by atoms with E-state index < -0.39 is 0 Å². The van der Waals surface area contributed by atoms with Gasteiger partial charge in [-0.05, 0) is 78.8 Å². The second-order valence-corrected chi connectivity index (χ2v) is 13.6. The van der Waals surface area contributed by atoms with Crippen LogP contribution < -0.4 is 19.6 Å². The molecule has 7 heterocycles. The van der Waals surface area contributed by atoms with Gasteiger partial charge in [0.25, 0.3) is 0 Å². The molecule has 7 aliphatic rings. The van der Waals surface area contributed by atoms with Crippen molar-refractivity contribution in [2.75, 3.05) is 26.6 Å². The molecule has 222 valence electrons. The molecule has 45 heavy (non-hydrogen) atoms. The molecule has 0 saturated heterocycles. The minimum absolute atomic E-state index is 0.0764. The number of nitrogens with zero attached hydrogens (tertiary/aromatic N) is 6. The van der Waals surface area contributed by atoms with Crippen LogP contribution >= 0.6 is 0 Å². The molecule has 6 nitrogen and oxygen atoms in total. The highest BCUT2D eigenvalue weighted by Crippen LogP contribution is 2.78. The summed E-state index contributed by atoms with van der Waals surface area (Å²) in [6.45, 7) is 11.2. The third-order valence-electron chi connectivity index (χ3n) is 12.6. The summed E-state index contributed by atoms with van der Waals surface area (Å²) in [7, 11) is 2.26. The molecule has 0 N–H and O–H groups in total. The third kappa shape index (κ3) is 2.50. The van der Waals surface area contributed by atoms with Crippen molar-refractivity contribution in [2.24, 2.45) is 5.41 Å². The largest absolute Gasteiger partial charge is 0.349 e. The van der Waals surface area contributed by atoms with Crippen LogP contribution in [0.4, 0.5) is 28.6 Å². The fourth-order valence-corrected chi connectivity index (χ4v) is 11.5. The maximum Gasteiger partial charge on any atom is 0.161 e. The topological polar surface area (TPSA) is 38.7 Å². The molecule has 2 spiro atoms. The van der Waals surface area contributed by atoms with E-state index in [2.05, 4.69) is 131 Å². The van der Waals surface area contributed by atoms with E-state index in [-0.39, 0.29) is 28.6 Å². The number of fused-ring (bicyclic) bond motifs is 13. The van der Waals surface area contributed by atoms with E-state index in [4.69, 9.17) is 4.98 Å². The molecule has 6 aliphatic heterocycles. The number of hydrogen-bond acceptors (Lipinski definition) is 6. The Balaban J connectivity index is 1.36. The molecular formula is C39H36N6. The average molecular weight is 589 g/mol. The van der Waals surface area contributed by atoms with E-state index in [1.807, 2.05) is 12.3 Å². The summed E-state index contributed by atoms with van der Waals surface area (Å²) < 4.78 is 0. The van der Waals surface area contributed by atoms with Crippen LogP contribution in [0.15, 0.2) is 122 Å². The van der Waals surface area contributed by atoms with Gasteiger partial charge in [0.1, 0.15) is 24.3 Å². The fourth-order valence-electron chi connectivity index (χ4n) is 11.5. The zero-order valence-electron chi connectivity index (χ0n) is 25.8. The van der Waals surface area contributed by atoms with Gasteiger partial charge in [-0.15, -0.1) is 0 Å². The van der Waals surface area contributed by atoms with Crippen molar-refractivity contribution in [3.8, 4) is 0 Å². The smallest absolute Gasteiger partial charge is 0.161 e. The highest BCUT2D eigenvalue weighted by atomic mass is 15.5. The normalized spacial score (nSPS) is 30.9. The minimum atomic E-state index is -0.218. The Morgan fingerprint density at radius 1 is 0.800 bits per heavy atom. The molecule has 2 bridgehead atoms. The van der Waals surface area contributed by atoms with Crippen molar-refractivity contribution in [3.05, 3.63) is 139 Å². The molecule has 1 fully saturated rings. The Morgan fingerprint density at radius 3 is 2.22 bits per heavy atom. The number of aromatic nitrogens is 2. The number of benzene rings is 3. The van der Waals surface area contributed by atoms with Gasteiger partial charge in [0, 0.05) is 40.4 Å². The van der Waals surface area contributed by atoms with Crippen LogP contribution in [0.2, 0.25) is 0 Å². The van der Waals surface area contributed by atoms with Crippen molar-refractivity contribution < 1.29 is 0 Å². The molecule has 1 aliphatic carbocycles. The predicted molar refractivity (Wildman–Crippen MR) is 181 cm³/mol.